The normalized spacial score (nSPS) is 11.7. The first kappa shape index (κ1) is 80.7. The van der Waals surface area contributed by atoms with E-state index in [2.05, 4.69) is 491 Å². The van der Waals surface area contributed by atoms with E-state index in [1.54, 1.807) is 0 Å². The van der Waals surface area contributed by atoms with E-state index >= 15 is 0 Å². The van der Waals surface area contributed by atoms with E-state index in [9.17, 15) is 0 Å². The van der Waals surface area contributed by atoms with Gasteiger partial charge in [0.25, 0.3) is 0 Å². The number of fused-ring (bicyclic) bond motifs is 18. The Labute approximate surface area is 805 Å². The van der Waals surface area contributed by atoms with E-state index in [0.29, 0.717) is 34.9 Å². The maximum absolute atomic E-state index is 5.28. The molecule has 28 aromatic rings. The van der Waals surface area contributed by atoms with Crippen molar-refractivity contribution in [3.63, 3.8) is 0 Å². The molecule has 0 amide bonds. The van der Waals surface area contributed by atoms with E-state index < -0.39 is 0 Å². The van der Waals surface area contributed by atoms with Crippen LogP contribution in [-0.4, -0.2) is 48.2 Å². The van der Waals surface area contributed by atoms with Gasteiger partial charge >= 0.3 is 0 Å². The number of nitrogens with zero attached hydrogens (tertiary/aromatic N) is 10. The highest BCUT2D eigenvalue weighted by atomic mass is 15.1. The zero-order valence-corrected chi connectivity index (χ0v) is 75.8. The van der Waals surface area contributed by atoms with Crippen LogP contribution in [0.25, 0.3) is 266 Å². The second-order valence-electron chi connectivity index (χ2n) is 35.9. The summed E-state index contributed by atoms with van der Waals surface area (Å²) < 4.78 is 9.76. The van der Waals surface area contributed by atoms with Gasteiger partial charge in [-0.2, -0.15) is 0 Å². The molecule has 10 nitrogen and oxygen atoms in total. The second kappa shape index (κ2) is 33.6. The average Bonchev–Trinajstić information content (AvgIpc) is 1.55. The van der Waals surface area contributed by atoms with Crippen LogP contribution in [0.1, 0.15) is 0 Å². The summed E-state index contributed by atoms with van der Waals surface area (Å²) in [6.45, 7) is 0. The molecule has 0 aliphatic carbocycles. The Kier molecular flexibility index (Phi) is 19.4. The molecule has 0 bridgehead atoms. The third-order valence-corrected chi connectivity index (χ3v) is 27.9. The number of rotatable bonds is 14. The fourth-order valence-corrected chi connectivity index (χ4v) is 21.4. The molecule has 0 saturated heterocycles. The predicted molar refractivity (Wildman–Crippen MR) is 581 cm³/mol. The minimum Gasteiger partial charge on any atom is -0.309 e. The van der Waals surface area contributed by atoms with Crippen molar-refractivity contribution in [3.05, 3.63) is 497 Å². The van der Waals surface area contributed by atoms with Crippen molar-refractivity contribution in [2.24, 2.45) is 0 Å². The molecule has 0 saturated carbocycles. The number of benzene rings is 22. The standard InChI is InChI=1S/2C65H41N5/c1-3-17-42(18-4-1)50-24-11-13-27-53(50)64-66-63(67-65(68-64)54-28-14-12-25-51(54)43-19-5-2-6-20-43)45-31-34-48(35-32-45)69-59-38-36-49(41-57(59)56-39-46-22-7-8-23-47(46)40-61(56)69)70-58-30-16-15-29-55(58)62-52-26-10-9-21-44(52)33-37-60(62)70;1-3-16-42(17-4-1)43-30-32-46(33-31-43)63-66-64(68-65(67-63)54-25-12-11-23-51(54)44-18-5-2-6-19-44)47-34-37-50(38-35-47)69-60-41-49-22-8-7-21-48(49)40-56(60)53-27-15-29-59(62(53)69)70-57-28-14-13-26-55(57)61-52-24-10-9-20-45(52)36-39-58(61)70/h2*1-41H. The van der Waals surface area contributed by atoms with E-state index in [4.69, 9.17) is 29.9 Å². The molecule has 6 heterocycles. The maximum Gasteiger partial charge on any atom is 0.164 e. The first-order chi connectivity index (χ1) is 69.4. The highest BCUT2D eigenvalue weighted by Gasteiger charge is 2.27. The Hall–Kier alpha value is -18.9. The fourth-order valence-electron chi connectivity index (χ4n) is 21.4. The van der Waals surface area contributed by atoms with Crippen LogP contribution < -0.4 is 0 Å². The zero-order chi connectivity index (χ0) is 92.2. The Morgan fingerprint density at radius 3 is 0.900 bits per heavy atom. The van der Waals surface area contributed by atoms with Crippen molar-refractivity contribution >= 4 is 130 Å². The Morgan fingerprint density at radius 2 is 0.429 bits per heavy atom. The van der Waals surface area contributed by atoms with E-state index in [-0.39, 0.29) is 0 Å². The molecule has 10 heteroatoms. The van der Waals surface area contributed by atoms with Crippen molar-refractivity contribution < 1.29 is 0 Å². The van der Waals surface area contributed by atoms with E-state index in [0.717, 1.165) is 123 Å². The summed E-state index contributed by atoms with van der Waals surface area (Å²) in [5.74, 6) is 3.68. The Balaban J connectivity index is 0.000000141. The molecule has 0 spiro atoms. The SMILES string of the molecule is c1ccc(-c2ccc(-c3nc(-c4ccc(-n5c6cc7ccccc7cc6c6cccc(-n7c8ccccc8c8c9ccccc9ccc87)c65)cc4)nc(-c4ccccc4-c4ccccc4)n3)cc2)cc1.c1ccc(-c2ccccc2-c2nc(-c3ccc(-n4c5ccc(-n6c7ccccc7c7c8ccccc8ccc76)cc5c5cc6ccccc6cc54)cc3)nc(-c3ccccc3-c3ccccc3)n2)cc1. The minimum absolute atomic E-state index is 0.605. The van der Waals surface area contributed by atoms with Crippen LogP contribution in [0, 0.1) is 0 Å². The summed E-state index contributed by atoms with van der Waals surface area (Å²) in [7, 11) is 0. The average molecular weight is 1780 g/mol. The van der Waals surface area contributed by atoms with Crippen molar-refractivity contribution in [2.75, 3.05) is 0 Å². The van der Waals surface area contributed by atoms with Gasteiger partial charge in [-0.3, -0.25) is 0 Å². The van der Waals surface area contributed by atoms with Crippen LogP contribution in [0.2, 0.25) is 0 Å². The summed E-state index contributed by atoms with van der Waals surface area (Å²) >= 11 is 0. The van der Waals surface area contributed by atoms with Gasteiger partial charge in [0.2, 0.25) is 0 Å². The molecule has 652 valence electrons. The highest BCUT2D eigenvalue weighted by molar-refractivity contribution is 6.25. The molecule has 22 aromatic carbocycles. The Morgan fingerprint density at radius 1 is 0.136 bits per heavy atom. The smallest absolute Gasteiger partial charge is 0.164 e. The minimum atomic E-state index is 0.605. The van der Waals surface area contributed by atoms with Crippen LogP contribution >= 0.6 is 0 Å². The van der Waals surface area contributed by atoms with Crippen LogP contribution in [-0.2, 0) is 0 Å². The number of aromatic nitrogens is 10. The highest BCUT2D eigenvalue weighted by Crippen LogP contribution is 2.47. The topological polar surface area (TPSA) is 97.1 Å². The van der Waals surface area contributed by atoms with Gasteiger partial charge in [-0.1, -0.05) is 376 Å². The van der Waals surface area contributed by atoms with Crippen LogP contribution in [0.15, 0.2) is 497 Å². The third-order valence-electron chi connectivity index (χ3n) is 27.9. The third kappa shape index (κ3) is 13.8. The van der Waals surface area contributed by atoms with Crippen molar-refractivity contribution in [1.29, 1.82) is 0 Å². The first-order valence-corrected chi connectivity index (χ1v) is 47.5. The zero-order valence-electron chi connectivity index (χ0n) is 75.8. The number of hydrogen-bond donors (Lipinski definition) is 0. The van der Waals surface area contributed by atoms with Gasteiger partial charge in [0.1, 0.15) is 0 Å². The van der Waals surface area contributed by atoms with Gasteiger partial charge < -0.3 is 18.3 Å². The van der Waals surface area contributed by atoms with Gasteiger partial charge in [0.05, 0.1) is 49.8 Å². The summed E-state index contributed by atoms with van der Waals surface area (Å²) in [4.78, 5) is 31.5. The molecule has 0 unspecified atom stereocenters. The quantitative estimate of drug-likeness (QED) is 0.108. The summed E-state index contributed by atoms with van der Waals surface area (Å²) in [5, 5.41) is 19.6. The van der Waals surface area contributed by atoms with Crippen molar-refractivity contribution in [2.45, 2.75) is 0 Å². The van der Waals surface area contributed by atoms with Gasteiger partial charge in [-0.05, 0) is 209 Å². The van der Waals surface area contributed by atoms with Crippen molar-refractivity contribution in [1.82, 2.24) is 48.2 Å². The van der Waals surface area contributed by atoms with Crippen molar-refractivity contribution in [3.8, 4) is 136 Å². The molecule has 0 aliphatic heterocycles. The largest absolute Gasteiger partial charge is 0.309 e. The van der Waals surface area contributed by atoms with E-state index in [1.165, 1.54) is 108 Å². The molecule has 6 aromatic heterocycles. The van der Waals surface area contributed by atoms with E-state index in [1.807, 2.05) is 24.3 Å². The monoisotopic (exact) mass is 1780 g/mol. The molecular weight excluding hydrogens is 1700 g/mol. The second-order valence-corrected chi connectivity index (χ2v) is 35.9. The van der Waals surface area contributed by atoms with Gasteiger partial charge in [0.15, 0.2) is 34.9 Å². The van der Waals surface area contributed by atoms with Crippen LogP contribution in [0.4, 0.5) is 0 Å². The molecular formula is C130H82N10. The summed E-state index contributed by atoms with van der Waals surface area (Å²) in [5.41, 5.74) is 27.9. The van der Waals surface area contributed by atoms with Gasteiger partial charge in [-0.15, -0.1) is 0 Å². The lowest BCUT2D eigenvalue weighted by molar-refractivity contribution is 1.07. The lowest BCUT2D eigenvalue weighted by atomic mass is 9.98. The molecule has 0 N–H and O–H groups in total. The van der Waals surface area contributed by atoms with Gasteiger partial charge in [-0.25, -0.2) is 29.9 Å². The number of para-hydroxylation sites is 3. The summed E-state index contributed by atoms with van der Waals surface area (Å²) in [6, 6.07) is 177. The lowest BCUT2D eigenvalue weighted by Crippen LogP contribution is -2.02. The van der Waals surface area contributed by atoms with Crippen LogP contribution in [0.3, 0.4) is 0 Å². The molecule has 0 aliphatic rings. The maximum atomic E-state index is 5.28. The molecule has 0 radical (unpaired) electrons. The van der Waals surface area contributed by atoms with Crippen LogP contribution in [0.5, 0.6) is 0 Å². The molecule has 28 rings (SSSR count). The molecule has 140 heavy (non-hydrogen) atoms. The van der Waals surface area contributed by atoms with Gasteiger partial charge in [0, 0.05) is 93.5 Å². The number of hydrogen-bond acceptors (Lipinski definition) is 6. The Bertz CT molecular complexity index is 9690. The lowest BCUT2D eigenvalue weighted by Gasteiger charge is -2.15. The predicted octanol–water partition coefficient (Wildman–Crippen LogP) is 33.4. The summed E-state index contributed by atoms with van der Waals surface area (Å²) in [6.07, 6.45) is 0. The molecule has 0 atom stereocenters. The first-order valence-electron chi connectivity index (χ1n) is 47.5. The fraction of sp³-hybridized carbons (Fsp3) is 0. The molecule has 0 fully saturated rings.